The molecule has 22 heteroatoms. The number of hydrogen-bond donors (Lipinski definition) is 4. The number of fused-ring (bicyclic) bond motifs is 9. The van der Waals surface area contributed by atoms with Gasteiger partial charge in [0.05, 0.1) is 0 Å². The molecule has 2 atom stereocenters. The minimum atomic E-state index is -2.17. The smallest absolute Gasteiger partial charge is 0.410 e. The van der Waals surface area contributed by atoms with E-state index >= 15 is 0 Å². The summed E-state index contributed by atoms with van der Waals surface area (Å²) in [7, 11) is -2.17. The summed E-state index contributed by atoms with van der Waals surface area (Å²) in [6, 6.07) is 65.3. The van der Waals surface area contributed by atoms with Gasteiger partial charge in [0.2, 0.25) is 25.4 Å². The highest BCUT2D eigenvalue weighted by atomic mass is 35.5. The molecule has 109 heavy (non-hydrogen) atoms. The maximum absolute atomic E-state index is 13.2. The molecule has 8 aromatic rings. The number of rotatable bonds is 29. The molecule has 3 aliphatic rings. The third kappa shape index (κ3) is 23.5. The topological polar surface area (TPSA) is 265 Å². The second-order valence-corrected chi connectivity index (χ2v) is 33.3. The lowest BCUT2D eigenvalue weighted by Gasteiger charge is -2.26. The summed E-state index contributed by atoms with van der Waals surface area (Å²) in [5.74, 6) is -3.78. The molecule has 0 aromatic heterocycles. The largest absolute Gasteiger partial charge is 0.518 e. The van der Waals surface area contributed by atoms with Gasteiger partial charge in [-0.1, -0.05) is 248 Å². The average molecular weight is 1520 g/mol. The number of amides is 5. The predicted octanol–water partition coefficient (Wildman–Crippen LogP) is 16.1. The van der Waals surface area contributed by atoms with Crippen LogP contribution in [0.5, 0.6) is 0 Å². The number of hydrogen-bond acceptors (Lipinski definition) is 13. The van der Waals surface area contributed by atoms with E-state index in [0.29, 0.717) is 45.3 Å². The van der Waals surface area contributed by atoms with Crippen LogP contribution in [0.1, 0.15) is 129 Å². The molecule has 11 rings (SSSR count). The first-order valence-corrected chi connectivity index (χ1v) is 40.9. The Labute approximate surface area is 645 Å². The molecule has 20 nitrogen and oxygen atoms in total. The van der Waals surface area contributed by atoms with Gasteiger partial charge in [0.1, 0.15) is 51.5 Å². The molecular formula is C87H100ClN5O15Si. The molecule has 5 amide bonds. The molecule has 0 radical (unpaired) electrons. The van der Waals surface area contributed by atoms with Crippen molar-refractivity contribution in [2.45, 2.75) is 130 Å². The van der Waals surface area contributed by atoms with E-state index < -0.39 is 68.4 Å². The van der Waals surface area contributed by atoms with Crippen LogP contribution < -0.4 is 10.6 Å². The molecule has 0 saturated carbocycles. The Kier molecular flexibility index (Phi) is 31.0. The molecule has 0 spiro atoms. The van der Waals surface area contributed by atoms with E-state index in [2.05, 4.69) is 71.3 Å². The van der Waals surface area contributed by atoms with Crippen molar-refractivity contribution in [3.8, 4) is 33.4 Å². The van der Waals surface area contributed by atoms with Crippen LogP contribution in [-0.2, 0) is 60.2 Å². The number of carbonyl (C=O) groups is 9. The first-order chi connectivity index (χ1) is 52.2. The quantitative estimate of drug-likeness (QED) is 0.0193. The van der Waals surface area contributed by atoms with E-state index in [9.17, 15) is 48.3 Å². The normalized spacial score (nSPS) is 12.7. The van der Waals surface area contributed by atoms with Gasteiger partial charge in [-0.2, -0.15) is 0 Å². The Hall–Kier alpha value is -10.9. The summed E-state index contributed by atoms with van der Waals surface area (Å²) in [6.45, 7) is 17.9. The van der Waals surface area contributed by atoms with Gasteiger partial charge in [-0.25, -0.2) is 19.2 Å². The number of benzene rings is 8. The van der Waals surface area contributed by atoms with Gasteiger partial charge in [0.25, 0.3) is 0 Å². The maximum atomic E-state index is 13.2. The van der Waals surface area contributed by atoms with E-state index in [1.54, 1.807) is 0 Å². The van der Waals surface area contributed by atoms with Gasteiger partial charge in [-0.3, -0.25) is 38.7 Å². The predicted molar refractivity (Wildman–Crippen MR) is 425 cm³/mol. The Morgan fingerprint density at radius 1 is 0.422 bits per heavy atom. The van der Waals surface area contributed by atoms with Gasteiger partial charge < -0.3 is 39.5 Å². The van der Waals surface area contributed by atoms with Crippen LogP contribution in [0.2, 0.25) is 19.6 Å². The minimum absolute atomic E-state index is 0.0235. The molecule has 8 aromatic carbocycles. The number of halogens is 1. The molecule has 574 valence electrons. The van der Waals surface area contributed by atoms with Crippen molar-refractivity contribution in [1.82, 2.24) is 25.3 Å². The zero-order valence-electron chi connectivity index (χ0n) is 63.5. The molecule has 0 aliphatic heterocycles. The lowest BCUT2D eigenvalue weighted by atomic mass is 9.92. The van der Waals surface area contributed by atoms with Crippen molar-refractivity contribution in [2.24, 2.45) is 5.41 Å². The highest BCUT2D eigenvalue weighted by Gasteiger charge is 2.35. The third-order valence-electron chi connectivity index (χ3n) is 18.9. The first-order valence-electron chi connectivity index (χ1n) is 37.1. The lowest BCUT2D eigenvalue weighted by molar-refractivity contribution is -0.142. The zero-order valence-corrected chi connectivity index (χ0v) is 65.3. The molecule has 3 aliphatic carbocycles. The second-order valence-electron chi connectivity index (χ2n) is 28.6. The van der Waals surface area contributed by atoms with Gasteiger partial charge in [0.15, 0.2) is 0 Å². The summed E-state index contributed by atoms with van der Waals surface area (Å²) in [6.07, 6.45) is 1.49. The lowest BCUT2D eigenvalue weighted by Crippen LogP contribution is -2.50. The fraction of sp³-hybridized carbons (Fsp3) is 0.345. The summed E-state index contributed by atoms with van der Waals surface area (Å²) in [5, 5.41) is 23.6. The van der Waals surface area contributed by atoms with Crippen LogP contribution in [0.15, 0.2) is 206 Å². The monoisotopic (exact) mass is 1520 g/mol. The first kappa shape index (κ1) is 83.7. The van der Waals surface area contributed by atoms with Crippen LogP contribution in [0.3, 0.4) is 0 Å². The van der Waals surface area contributed by atoms with Gasteiger partial charge in [-0.05, 0) is 135 Å². The highest BCUT2D eigenvalue weighted by Crippen LogP contribution is 2.47. The summed E-state index contributed by atoms with van der Waals surface area (Å²) < 4.78 is 22.7. The van der Waals surface area contributed by atoms with Crippen molar-refractivity contribution in [3.05, 3.63) is 251 Å². The number of carbonyl (C=O) groups excluding carboxylic acids is 7. The highest BCUT2D eigenvalue weighted by molar-refractivity contribution is 6.71. The number of carboxylic acid groups (broad SMARTS) is 2. The van der Waals surface area contributed by atoms with E-state index in [1.807, 2.05) is 207 Å². The van der Waals surface area contributed by atoms with Crippen molar-refractivity contribution in [1.29, 1.82) is 0 Å². The summed E-state index contributed by atoms with van der Waals surface area (Å²) in [5.41, 5.74) is 15.0. The zero-order chi connectivity index (χ0) is 78.8. The Bertz CT molecular complexity index is 4300. The minimum Gasteiger partial charge on any atom is -0.518 e. The van der Waals surface area contributed by atoms with Gasteiger partial charge in [0, 0.05) is 55.6 Å². The molecular weight excluding hydrogens is 1420 g/mol. The van der Waals surface area contributed by atoms with Crippen molar-refractivity contribution in [3.63, 3.8) is 0 Å². The van der Waals surface area contributed by atoms with E-state index in [-0.39, 0.29) is 74.3 Å². The molecule has 4 N–H and O–H groups in total. The molecule has 0 fully saturated rings. The van der Waals surface area contributed by atoms with Gasteiger partial charge >= 0.3 is 36.2 Å². The van der Waals surface area contributed by atoms with Crippen molar-refractivity contribution in [2.75, 3.05) is 59.1 Å². The summed E-state index contributed by atoms with van der Waals surface area (Å²) in [4.78, 5) is 114. The number of nitrogens with zero attached hydrogens (tertiary/aromatic N) is 3. The number of nitrogens with one attached hydrogen (secondary N) is 2. The Morgan fingerprint density at radius 2 is 0.697 bits per heavy atom. The van der Waals surface area contributed by atoms with Crippen molar-refractivity contribution < 1.29 is 72.0 Å². The van der Waals surface area contributed by atoms with Crippen LogP contribution in [0.4, 0.5) is 14.4 Å². The molecule has 0 heterocycles. The Morgan fingerprint density at radius 3 is 0.954 bits per heavy atom. The van der Waals surface area contributed by atoms with Crippen LogP contribution in [0, 0.1) is 5.41 Å². The number of ether oxygens (including phenoxy) is 3. The average Bonchev–Trinajstić information content (AvgIpc) is 1.63. The second kappa shape index (κ2) is 40.3. The van der Waals surface area contributed by atoms with Crippen molar-refractivity contribution >= 4 is 73.2 Å². The van der Waals surface area contributed by atoms with Crippen LogP contribution >= 0.6 is 11.6 Å². The molecule has 0 saturated heterocycles. The molecule has 0 unspecified atom stereocenters. The SMILES string of the molecule is CCC(C)(C)C(=O)Cl.CCCN(CC(=O)N[C@@H](Cc1ccccc1)C(=O)O)C(=O)OCC1c2ccccc2-c2ccccc21.CCCN(CC(=O)N[C@@H](Cc1ccccc1)C(=O)O[Si](C)(C)C)C(=O)OCC1c2ccccc2-c2ccccc21.CCCN(CC(=O)O)C(=O)OCC1c2ccccc2-c2ccccc21. The van der Waals surface area contributed by atoms with E-state index in [4.69, 9.17) is 35.3 Å². The van der Waals surface area contributed by atoms with E-state index in [1.165, 1.54) is 14.7 Å². The third-order valence-corrected chi connectivity index (χ3v) is 20.2. The fourth-order valence-corrected chi connectivity index (χ4v) is 14.0. The fourth-order valence-electron chi connectivity index (χ4n) is 13.2. The van der Waals surface area contributed by atoms with Gasteiger partial charge in [-0.15, -0.1) is 0 Å². The number of carboxylic acids is 2. The standard InChI is InChI=1S/C32H38N2O5Si.C29H30N2O5.C20H21NO4.C6H11ClO/c1-5-19-34(21-30(35)33-29(31(36)39-40(2,3)4)20-23-13-7-6-8-14-23)32(37)38-22-28-26-17-11-9-15-24(26)25-16-10-12-18-27(25)28;1-2-16-31(18-27(32)30-26(28(33)34)17-20-10-4-3-5-11-20)29(35)36-19-25-23-14-8-6-12-21(23)22-13-7-9-15-24(22)25;1-2-11-21(12-19(22)23)20(24)25-13-18-16-9-5-3-7-14(16)15-8-4-6-10-17(15)18;1-4-6(2,3)5(7)8/h6-18,28-29H,5,19-22H2,1-4H3,(H,33,35);3-15,25-26H,2,16-19H2,1H3,(H,30,32)(H,33,34);3-10,18H,2,11-13H2,1H3,(H,22,23);4H2,1-3H3/t29-;26-;;/m00../s1. The maximum Gasteiger partial charge on any atom is 0.410 e. The Balaban J connectivity index is 0.000000200. The number of aliphatic carboxylic acids is 2. The molecule has 0 bridgehead atoms. The summed E-state index contributed by atoms with van der Waals surface area (Å²) >= 11 is 5.23. The van der Waals surface area contributed by atoms with Crippen LogP contribution in [0.25, 0.3) is 33.4 Å². The van der Waals surface area contributed by atoms with Crippen LogP contribution in [-0.4, -0.2) is 158 Å². The van der Waals surface area contributed by atoms with E-state index in [0.717, 1.165) is 84.3 Å².